The Hall–Kier alpha value is -3.76. The van der Waals surface area contributed by atoms with Crippen LogP contribution in [0.2, 0.25) is 0 Å². The fraction of sp³-hybridized carbons (Fsp3) is 0.276. The van der Waals surface area contributed by atoms with E-state index in [0.717, 1.165) is 9.13 Å². The van der Waals surface area contributed by atoms with E-state index in [1.54, 1.807) is 51.3 Å². The number of carbonyl (C=O) groups excluding carboxylic acids is 1. The van der Waals surface area contributed by atoms with Crippen LogP contribution in [0.25, 0.3) is 6.08 Å². The summed E-state index contributed by atoms with van der Waals surface area (Å²) in [5.41, 5.74) is 1.81. The molecular weight excluding hydrogens is 647 g/mol. The van der Waals surface area contributed by atoms with E-state index in [-0.39, 0.29) is 24.3 Å². The number of thiazole rings is 1. The van der Waals surface area contributed by atoms with E-state index in [1.807, 2.05) is 6.07 Å². The van der Waals surface area contributed by atoms with E-state index in [2.05, 4.69) is 33.5 Å². The molecule has 0 bridgehead atoms. The third kappa shape index (κ3) is 5.59. The number of carbonyl (C=O) groups is 1. The van der Waals surface area contributed by atoms with Crippen LogP contribution >= 0.6 is 33.9 Å². The monoisotopic (exact) mass is 674 g/mol. The number of hydrogen-bond acceptors (Lipinski definition) is 9. The summed E-state index contributed by atoms with van der Waals surface area (Å²) < 4.78 is 30.1. The van der Waals surface area contributed by atoms with Crippen LogP contribution in [0, 0.1) is 15.9 Å². The smallest absolute Gasteiger partial charge is 0.338 e. The molecule has 1 aromatic heterocycles. The highest BCUT2D eigenvalue weighted by Crippen LogP contribution is 2.36. The van der Waals surface area contributed by atoms with Crippen LogP contribution in [0.1, 0.15) is 31.0 Å². The van der Waals surface area contributed by atoms with Gasteiger partial charge in [-0.1, -0.05) is 23.3 Å². The lowest BCUT2D eigenvalue weighted by molar-refractivity contribution is -0.139. The van der Waals surface area contributed by atoms with Gasteiger partial charge in [-0.15, -0.1) is 6.42 Å². The molecule has 2 aromatic carbocycles. The molecular formula is C29H27IN2O7S. The van der Waals surface area contributed by atoms with Gasteiger partial charge in [-0.3, -0.25) is 9.36 Å². The zero-order valence-electron chi connectivity index (χ0n) is 22.6. The van der Waals surface area contributed by atoms with Crippen LogP contribution in [0.15, 0.2) is 51.4 Å². The Balaban J connectivity index is 1.93. The minimum Gasteiger partial charge on any atom is -0.493 e. The van der Waals surface area contributed by atoms with E-state index in [1.165, 1.54) is 30.1 Å². The zero-order valence-corrected chi connectivity index (χ0v) is 25.5. The number of terminal acetylenes is 1. The molecule has 0 unspecified atom stereocenters. The van der Waals surface area contributed by atoms with Gasteiger partial charge < -0.3 is 23.7 Å². The van der Waals surface area contributed by atoms with Gasteiger partial charge in [-0.25, -0.2) is 9.79 Å². The average Bonchev–Trinajstić information content (AvgIpc) is 3.24. The van der Waals surface area contributed by atoms with Crippen molar-refractivity contribution in [3.05, 3.63) is 76.0 Å². The molecule has 11 heteroatoms. The summed E-state index contributed by atoms with van der Waals surface area (Å²) in [7, 11) is 4.60. The van der Waals surface area contributed by atoms with Gasteiger partial charge >= 0.3 is 5.97 Å². The van der Waals surface area contributed by atoms with Crippen molar-refractivity contribution < 1.29 is 28.5 Å². The zero-order chi connectivity index (χ0) is 29.0. The van der Waals surface area contributed by atoms with Gasteiger partial charge in [-0.05, 0) is 77.9 Å². The first-order valence-electron chi connectivity index (χ1n) is 12.1. The Kier molecular flexibility index (Phi) is 9.21. The predicted octanol–water partition coefficient (Wildman–Crippen LogP) is 3.44. The van der Waals surface area contributed by atoms with Gasteiger partial charge in [0.2, 0.25) is 0 Å². The number of methoxy groups -OCH3 is 3. The quantitative estimate of drug-likeness (QED) is 0.195. The Labute approximate surface area is 248 Å². The average molecular weight is 675 g/mol. The molecule has 1 aliphatic heterocycles. The largest absolute Gasteiger partial charge is 0.493 e. The van der Waals surface area contributed by atoms with E-state index in [0.29, 0.717) is 43.6 Å². The normalized spacial score (nSPS) is 14.6. The number of fused-ring (bicyclic) bond motifs is 1. The molecule has 0 N–H and O–H groups in total. The van der Waals surface area contributed by atoms with E-state index in [4.69, 9.17) is 30.1 Å². The third-order valence-corrected chi connectivity index (χ3v) is 7.87. The second-order valence-corrected chi connectivity index (χ2v) is 10.6. The molecule has 1 atom stereocenters. The SMILES string of the molecule is C#CCOc1c(I)cc(/C=c2\sc3n(c2=O)[C@@H](c2ccc(OC)c(OC)c2)C(C(=O)OCC)=C(C)N=3)cc1OC. The Morgan fingerprint density at radius 2 is 1.88 bits per heavy atom. The number of ether oxygens (including phenoxy) is 5. The van der Waals surface area contributed by atoms with Gasteiger partial charge in [-0.2, -0.15) is 0 Å². The second-order valence-electron chi connectivity index (χ2n) is 8.44. The van der Waals surface area contributed by atoms with Gasteiger partial charge in [0.05, 0.1) is 53.4 Å². The second kappa shape index (κ2) is 12.6. The molecule has 208 valence electrons. The van der Waals surface area contributed by atoms with Crippen LogP contribution in [-0.4, -0.2) is 45.1 Å². The number of hydrogen-bond donors (Lipinski definition) is 0. The molecule has 0 aliphatic carbocycles. The predicted molar refractivity (Wildman–Crippen MR) is 160 cm³/mol. The molecule has 0 spiro atoms. The molecule has 4 rings (SSSR count). The summed E-state index contributed by atoms with van der Waals surface area (Å²) in [5.74, 6) is 3.91. The molecule has 40 heavy (non-hydrogen) atoms. The van der Waals surface area contributed by atoms with Crippen molar-refractivity contribution in [2.24, 2.45) is 4.99 Å². The highest BCUT2D eigenvalue weighted by molar-refractivity contribution is 14.1. The standard InChI is InChI=1S/C29H27IN2O7S/c1-7-11-39-26-19(30)12-17(13-22(26)37-6)14-23-27(33)32-25(18-9-10-20(35-4)21(15-18)36-5)24(28(34)38-8-2)16(3)31-29(32)40-23/h1,9-10,12-15,25H,8,11H2,2-6H3/b23-14-/t25-/m0/s1. The van der Waals surface area contributed by atoms with Crippen LogP contribution < -0.4 is 33.8 Å². The molecule has 9 nitrogen and oxygen atoms in total. The van der Waals surface area contributed by atoms with E-state index < -0.39 is 12.0 Å². The highest BCUT2D eigenvalue weighted by Gasteiger charge is 2.34. The summed E-state index contributed by atoms with van der Waals surface area (Å²) >= 11 is 3.36. The van der Waals surface area contributed by atoms with Gasteiger partial charge in [0, 0.05) is 0 Å². The number of allylic oxidation sites excluding steroid dienone is 1. The van der Waals surface area contributed by atoms with Crippen LogP contribution in [0.4, 0.5) is 0 Å². The maximum Gasteiger partial charge on any atom is 0.338 e. The molecule has 0 amide bonds. The minimum atomic E-state index is -0.786. The fourth-order valence-electron chi connectivity index (χ4n) is 4.36. The van der Waals surface area contributed by atoms with E-state index in [9.17, 15) is 9.59 Å². The fourth-order valence-corrected chi connectivity index (χ4v) is 6.19. The molecule has 3 aromatic rings. The molecule has 0 fully saturated rings. The van der Waals surface area contributed by atoms with E-state index >= 15 is 0 Å². The molecule has 2 heterocycles. The number of benzene rings is 2. The summed E-state index contributed by atoms with van der Waals surface area (Å²) in [6, 6.07) is 8.14. The van der Waals surface area contributed by atoms with Gasteiger partial charge in [0.1, 0.15) is 6.61 Å². The summed E-state index contributed by atoms with van der Waals surface area (Å²) in [4.78, 5) is 32.2. The first-order chi connectivity index (χ1) is 19.3. The highest BCUT2D eigenvalue weighted by atomic mass is 127. The van der Waals surface area contributed by atoms with Crippen molar-refractivity contribution in [2.75, 3.05) is 34.5 Å². The molecule has 0 saturated heterocycles. The lowest BCUT2D eigenvalue weighted by Crippen LogP contribution is -2.40. The lowest BCUT2D eigenvalue weighted by atomic mass is 9.95. The number of nitrogens with zero attached hydrogens (tertiary/aromatic N) is 2. The molecule has 0 saturated carbocycles. The first-order valence-corrected chi connectivity index (χ1v) is 14.0. The number of esters is 1. The van der Waals surface area contributed by atoms with Crippen molar-refractivity contribution in [2.45, 2.75) is 19.9 Å². The van der Waals surface area contributed by atoms with Crippen molar-refractivity contribution in [1.29, 1.82) is 0 Å². The third-order valence-electron chi connectivity index (χ3n) is 6.09. The van der Waals surface area contributed by atoms with Crippen LogP contribution in [0.3, 0.4) is 0 Å². The summed E-state index contributed by atoms with van der Waals surface area (Å²) in [5, 5.41) is 0. The Morgan fingerprint density at radius 1 is 1.15 bits per heavy atom. The van der Waals surface area contributed by atoms with Crippen molar-refractivity contribution in [3.63, 3.8) is 0 Å². The Morgan fingerprint density at radius 3 is 2.52 bits per heavy atom. The number of rotatable bonds is 9. The van der Waals surface area contributed by atoms with Gasteiger partial charge in [0.25, 0.3) is 5.56 Å². The lowest BCUT2D eigenvalue weighted by Gasteiger charge is -2.25. The number of halogens is 1. The summed E-state index contributed by atoms with van der Waals surface area (Å²) in [6.07, 6.45) is 7.10. The maximum atomic E-state index is 13.9. The van der Waals surface area contributed by atoms with Crippen molar-refractivity contribution in [1.82, 2.24) is 4.57 Å². The maximum absolute atomic E-state index is 13.9. The van der Waals surface area contributed by atoms with Crippen LogP contribution in [0.5, 0.6) is 23.0 Å². The minimum absolute atomic E-state index is 0.0998. The molecule has 1 aliphatic rings. The van der Waals surface area contributed by atoms with Crippen molar-refractivity contribution in [3.8, 4) is 35.3 Å². The van der Waals surface area contributed by atoms with Crippen molar-refractivity contribution >= 4 is 46.0 Å². The topological polar surface area (TPSA) is 97.6 Å². The molecule has 0 radical (unpaired) electrons. The van der Waals surface area contributed by atoms with Crippen LogP contribution in [-0.2, 0) is 9.53 Å². The number of aromatic nitrogens is 1. The summed E-state index contributed by atoms with van der Waals surface area (Å²) in [6.45, 7) is 3.75. The first kappa shape index (κ1) is 29.2. The Bertz CT molecular complexity index is 1720. The van der Waals surface area contributed by atoms with Gasteiger partial charge in [0.15, 0.2) is 27.8 Å².